The van der Waals surface area contributed by atoms with Crippen LogP contribution in [0.2, 0.25) is 0 Å². The fraction of sp³-hybridized carbons (Fsp3) is 0.625. The van der Waals surface area contributed by atoms with Crippen LogP contribution < -0.4 is 5.73 Å². The van der Waals surface area contributed by atoms with Gasteiger partial charge < -0.3 is 10.6 Å². The lowest BCUT2D eigenvalue weighted by atomic mass is 10.3. The first-order valence-corrected chi connectivity index (χ1v) is 3.61. The SMILES string of the molecule is C#CCN(CC)C(=O)[C@H](C)N. The van der Waals surface area contributed by atoms with Crippen LogP contribution in [0.3, 0.4) is 0 Å². The lowest BCUT2D eigenvalue weighted by Gasteiger charge is -2.19. The topological polar surface area (TPSA) is 46.3 Å². The maximum atomic E-state index is 11.2. The third-order valence-corrected chi connectivity index (χ3v) is 1.37. The Morgan fingerprint density at radius 3 is 2.64 bits per heavy atom. The summed E-state index contributed by atoms with van der Waals surface area (Å²) in [5.74, 6) is 2.31. The minimum absolute atomic E-state index is 0.0922. The molecule has 3 nitrogen and oxygen atoms in total. The number of likely N-dealkylation sites (N-methyl/N-ethyl adjacent to an activating group) is 1. The maximum absolute atomic E-state index is 11.2. The summed E-state index contributed by atoms with van der Waals surface area (Å²) >= 11 is 0. The van der Waals surface area contributed by atoms with Crippen LogP contribution in [0, 0.1) is 12.3 Å². The standard InChI is InChI=1S/C8H14N2O/c1-4-6-10(5-2)8(11)7(3)9/h1,7H,5-6,9H2,2-3H3/t7-/m0/s1. The lowest BCUT2D eigenvalue weighted by molar-refractivity contribution is -0.131. The minimum Gasteiger partial charge on any atom is -0.330 e. The molecule has 1 amide bonds. The highest BCUT2D eigenvalue weighted by atomic mass is 16.2. The van der Waals surface area contributed by atoms with E-state index in [9.17, 15) is 4.79 Å². The van der Waals surface area contributed by atoms with Crippen molar-refractivity contribution in [2.75, 3.05) is 13.1 Å². The van der Waals surface area contributed by atoms with Gasteiger partial charge >= 0.3 is 0 Å². The van der Waals surface area contributed by atoms with Crippen LogP contribution in [0.15, 0.2) is 0 Å². The molecular formula is C8H14N2O. The van der Waals surface area contributed by atoms with E-state index in [2.05, 4.69) is 5.92 Å². The number of terminal acetylenes is 1. The molecule has 0 aromatic rings. The molecule has 0 saturated carbocycles. The first-order valence-electron chi connectivity index (χ1n) is 3.61. The predicted molar refractivity (Wildman–Crippen MR) is 44.7 cm³/mol. The summed E-state index contributed by atoms with van der Waals surface area (Å²) in [5, 5.41) is 0. The Morgan fingerprint density at radius 1 is 1.82 bits per heavy atom. The van der Waals surface area contributed by atoms with E-state index in [1.165, 1.54) is 0 Å². The first kappa shape index (κ1) is 9.99. The van der Waals surface area contributed by atoms with E-state index in [4.69, 9.17) is 12.2 Å². The zero-order chi connectivity index (χ0) is 8.85. The van der Waals surface area contributed by atoms with Gasteiger partial charge in [0, 0.05) is 6.54 Å². The van der Waals surface area contributed by atoms with Crippen molar-refractivity contribution < 1.29 is 4.79 Å². The summed E-state index contributed by atoms with van der Waals surface area (Å²) in [4.78, 5) is 12.7. The van der Waals surface area contributed by atoms with Crippen molar-refractivity contribution in [1.82, 2.24) is 4.90 Å². The van der Waals surface area contributed by atoms with Crippen molar-refractivity contribution in [3.63, 3.8) is 0 Å². The van der Waals surface area contributed by atoms with Crippen molar-refractivity contribution in [3.8, 4) is 12.3 Å². The Balaban J connectivity index is 4.05. The van der Waals surface area contributed by atoms with Crippen molar-refractivity contribution in [2.45, 2.75) is 19.9 Å². The van der Waals surface area contributed by atoms with Crippen LogP contribution in [0.1, 0.15) is 13.8 Å². The van der Waals surface area contributed by atoms with Gasteiger partial charge in [-0.05, 0) is 13.8 Å². The Labute approximate surface area is 67.6 Å². The van der Waals surface area contributed by atoms with E-state index < -0.39 is 6.04 Å². The van der Waals surface area contributed by atoms with Crippen molar-refractivity contribution >= 4 is 5.91 Å². The second-order valence-electron chi connectivity index (χ2n) is 2.35. The minimum atomic E-state index is -0.455. The number of hydrogen-bond acceptors (Lipinski definition) is 2. The van der Waals surface area contributed by atoms with Gasteiger partial charge in [0.25, 0.3) is 0 Å². The van der Waals surface area contributed by atoms with E-state index in [1.807, 2.05) is 6.92 Å². The monoisotopic (exact) mass is 154 g/mol. The molecule has 0 saturated heterocycles. The zero-order valence-electron chi connectivity index (χ0n) is 7.00. The quantitative estimate of drug-likeness (QED) is 0.573. The average molecular weight is 154 g/mol. The smallest absolute Gasteiger partial charge is 0.239 e. The molecule has 0 bridgehead atoms. The second kappa shape index (κ2) is 4.75. The number of carbonyl (C=O) groups is 1. The molecule has 0 aliphatic rings. The molecule has 3 heteroatoms. The molecule has 0 aliphatic heterocycles. The summed E-state index contributed by atoms with van der Waals surface area (Å²) in [7, 11) is 0. The van der Waals surface area contributed by atoms with Gasteiger partial charge in [-0.3, -0.25) is 4.79 Å². The molecule has 0 unspecified atom stereocenters. The molecule has 1 atom stereocenters. The van der Waals surface area contributed by atoms with Gasteiger partial charge in [-0.1, -0.05) is 5.92 Å². The largest absolute Gasteiger partial charge is 0.330 e. The Kier molecular flexibility index (Phi) is 4.32. The van der Waals surface area contributed by atoms with Gasteiger partial charge in [-0.25, -0.2) is 0 Å². The fourth-order valence-corrected chi connectivity index (χ4v) is 0.744. The van der Waals surface area contributed by atoms with Crippen LogP contribution in [0.4, 0.5) is 0 Å². The van der Waals surface area contributed by atoms with Gasteiger partial charge in [0.05, 0.1) is 12.6 Å². The Hall–Kier alpha value is -1.01. The summed E-state index contributed by atoms with van der Waals surface area (Å²) in [6.07, 6.45) is 5.06. The lowest BCUT2D eigenvalue weighted by Crippen LogP contribution is -2.42. The zero-order valence-corrected chi connectivity index (χ0v) is 7.00. The molecular weight excluding hydrogens is 140 g/mol. The first-order chi connectivity index (χ1) is 5.13. The number of hydrogen-bond donors (Lipinski definition) is 1. The summed E-state index contributed by atoms with van der Waals surface area (Å²) in [6.45, 7) is 4.49. The van der Waals surface area contributed by atoms with E-state index >= 15 is 0 Å². The fourth-order valence-electron chi connectivity index (χ4n) is 0.744. The second-order valence-corrected chi connectivity index (χ2v) is 2.35. The van der Waals surface area contributed by atoms with Crippen molar-refractivity contribution in [3.05, 3.63) is 0 Å². The van der Waals surface area contributed by atoms with Gasteiger partial charge in [-0.15, -0.1) is 6.42 Å². The molecule has 0 spiro atoms. The van der Waals surface area contributed by atoms with Crippen LogP contribution in [0.5, 0.6) is 0 Å². The third kappa shape index (κ3) is 3.06. The maximum Gasteiger partial charge on any atom is 0.239 e. The molecule has 11 heavy (non-hydrogen) atoms. The molecule has 0 radical (unpaired) electrons. The number of nitrogens with two attached hydrogens (primary N) is 1. The van der Waals surface area contributed by atoms with Gasteiger partial charge in [0.2, 0.25) is 5.91 Å². The highest BCUT2D eigenvalue weighted by Gasteiger charge is 2.13. The van der Waals surface area contributed by atoms with Crippen molar-refractivity contribution in [2.24, 2.45) is 5.73 Å². The Morgan fingerprint density at radius 2 is 2.36 bits per heavy atom. The molecule has 0 rings (SSSR count). The van der Waals surface area contributed by atoms with Crippen LogP contribution in [-0.2, 0) is 4.79 Å². The number of nitrogens with zero attached hydrogens (tertiary/aromatic N) is 1. The van der Waals surface area contributed by atoms with Gasteiger partial charge in [-0.2, -0.15) is 0 Å². The summed E-state index contributed by atoms with van der Waals surface area (Å²) in [6, 6.07) is -0.455. The number of amides is 1. The van der Waals surface area contributed by atoms with E-state index in [0.29, 0.717) is 13.1 Å². The predicted octanol–water partition coefficient (Wildman–Crippen LogP) is -0.185. The van der Waals surface area contributed by atoms with Crippen LogP contribution >= 0.6 is 0 Å². The van der Waals surface area contributed by atoms with E-state index in [1.54, 1.807) is 11.8 Å². The molecule has 2 N–H and O–H groups in total. The van der Waals surface area contributed by atoms with E-state index in [0.717, 1.165) is 0 Å². The molecule has 62 valence electrons. The number of carbonyl (C=O) groups excluding carboxylic acids is 1. The van der Waals surface area contributed by atoms with Crippen LogP contribution in [-0.4, -0.2) is 29.9 Å². The van der Waals surface area contributed by atoms with Crippen LogP contribution in [0.25, 0.3) is 0 Å². The normalized spacial score (nSPS) is 11.8. The molecule has 0 aliphatic carbocycles. The van der Waals surface area contributed by atoms with E-state index in [-0.39, 0.29) is 5.91 Å². The van der Waals surface area contributed by atoms with Gasteiger partial charge in [0.15, 0.2) is 0 Å². The molecule has 0 aromatic heterocycles. The summed E-state index contributed by atoms with van der Waals surface area (Å²) < 4.78 is 0. The number of rotatable bonds is 3. The molecule has 0 heterocycles. The third-order valence-electron chi connectivity index (χ3n) is 1.37. The van der Waals surface area contributed by atoms with Crippen molar-refractivity contribution in [1.29, 1.82) is 0 Å². The average Bonchev–Trinajstić information content (AvgIpc) is 1.98. The highest BCUT2D eigenvalue weighted by molar-refractivity contribution is 5.81. The summed E-state index contributed by atoms with van der Waals surface area (Å²) in [5.41, 5.74) is 5.38. The Bertz CT molecular complexity index is 169. The highest BCUT2D eigenvalue weighted by Crippen LogP contribution is 1.91. The molecule has 0 aromatic carbocycles. The van der Waals surface area contributed by atoms with Gasteiger partial charge in [0.1, 0.15) is 0 Å². The molecule has 0 fully saturated rings.